The number of carbonyl (C=O) groups excluding carboxylic acids is 2. The molecule has 126 valence electrons. The van der Waals surface area contributed by atoms with Crippen molar-refractivity contribution in [3.8, 4) is 0 Å². The largest absolute Gasteiger partial charge is 0.351 e. The number of aromatic nitrogens is 2. The highest BCUT2D eigenvalue weighted by molar-refractivity contribution is 6.83. The number of hydrogen-bond donors (Lipinski definition) is 0. The van der Waals surface area contributed by atoms with E-state index in [1.54, 1.807) is 16.8 Å². The topological polar surface area (TPSA) is 44.0 Å². The Labute approximate surface area is 150 Å². The summed E-state index contributed by atoms with van der Waals surface area (Å²) in [5.41, 5.74) is 2.55. The maximum Gasteiger partial charge on any atom is 0.293 e. The van der Waals surface area contributed by atoms with Crippen LogP contribution in [0, 0.1) is 0 Å². The van der Waals surface area contributed by atoms with E-state index in [9.17, 15) is 9.59 Å². The van der Waals surface area contributed by atoms with E-state index in [1.165, 1.54) is 10.9 Å². The molecule has 4 rings (SSSR count). The number of aryl methyl sites for hydroxylation is 2. The van der Waals surface area contributed by atoms with Crippen LogP contribution in [0.2, 0.25) is 0 Å². The van der Waals surface area contributed by atoms with Crippen LogP contribution < -0.4 is 0 Å². The molecule has 0 radical (unpaired) electrons. The van der Waals surface area contributed by atoms with Crippen molar-refractivity contribution in [3.63, 3.8) is 0 Å². The average Bonchev–Trinajstić information content (AvgIpc) is 3.16. The second-order valence-electron chi connectivity index (χ2n) is 5.76. The first kappa shape index (κ1) is 17.0. The summed E-state index contributed by atoms with van der Waals surface area (Å²) in [4.78, 5) is 22.3. The van der Waals surface area contributed by atoms with Crippen LogP contribution >= 0.6 is 11.6 Å². The predicted octanol–water partition coefficient (Wildman–Crippen LogP) is 4.30. The van der Waals surface area contributed by atoms with Gasteiger partial charge in [0.05, 0.1) is 5.56 Å². The zero-order chi connectivity index (χ0) is 18.0. The number of Topliss-reactive ketones (excluding diaryl/α,β-unsaturated/α-hetero) is 1. The molecule has 0 fully saturated rings. The Morgan fingerprint density at radius 2 is 1.48 bits per heavy atom. The van der Waals surface area contributed by atoms with Crippen molar-refractivity contribution < 1.29 is 9.59 Å². The van der Waals surface area contributed by atoms with Crippen LogP contribution in [0.4, 0.5) is 0 Å². The minimum atomic E-state index is -0.952. The number of nitrogens with zero attached hydrogens (tertiary/aromatic N) is 2. The van der Waals surface area contributed by atoms with Crippen LogP contribution in [0.1, 0.15) is 10.4 Å². The lowest BCUT2D eigenvalue weighted by molar-refractivity contribution is -0.108. The summed E-state index contributed by atoms with van der Waals surface area (Å²) < 4.78 is 3.91. The van der Waals surface area contributed by atoms with Gasteiger partial charge in [-0.1, -0.05) is 36.4 Å². The highest BCUT2D eigenvalue weighted by atomic mass is 35.5. The minimum absolute atomic E-state index is 0.355. The summed E-state index contributed by atoms with van der Waals surface area (Å²) in [6.07, 6.45) is 3.69. The van der Waals surface area contributed by atoms with Crippen LogP contribution in [0.3, 0.4) is 0 Å². The molecular formula is C20H17ClN2O2. The zero-order valence-corrected chi connectivity index (χ0v) is 14.7. The van der Waals surface area contributed by atoms with Crippen molar-refractivity contribution in [2.75, 3.05) is 0 Å². The van der Waals surface area contributed by atoms with E-state index in [4.69, 9.17) is 11.6 Å². The Morgan fingerprint density at radius 1 is 0.840 bits per heavy atom. The third-order valence-electron chi connectivity index (χ3n) is 4.11. The van der Waals surface area contributed by atoms with E-state index >= 15 is 0 Å². The van der Waals surface area contributed by atoms with Crippen molar-refractivity contribution in [3.05, 3.63) is 72.6 Å². The van der Waals surface area contributed by atoms with Gasteiger partial charge in [-0.25, -0.2) is 0 Å². The number of carbonyl (C=O) groups is 2. The molecule has 2 aromatic carbocycles. The van der Waals surface area contributed by atoms with Gasteiger partial charge in [0, 0.05) is 42.9 Å². The number of ketones is 1. The van der Waals surface area contributed by atoms with Gasteiger partial charge in [0.2, 0.25) is 5.78 Å². The van der Waals surface area contributed by atoms with Crippen molar-refractivity contribution in [2.24, 2.45) is 14.1 Å². The van der Waals surface area contributed by atoms with E-state index in [1.807, 2.05) is 25.2 Å². The highest BCUT2D eigenvalue weighted by Crippen LogP contribution is 2.21. The first-order valence-corrected chi connectivity index (χ1v) is 8.15. The molecule has 0 aliphatic carbocycles. The SMILES string of the molecule is Cn1cc(C(=O)C(=O)Cl)c2ccccc21.Cn1ccc2ccccc21. The van der Waals surface area contributed by atoms with Crippen LogP contribution in [0.5, 0.6) is 0 Å². The van der Waals surface area contributed by atoms with E-state index in [0.717, 1.165) is 10.9 Å². The Bertz CT molecular complexity index is 1080. The Kier molecular flexibility index (Phi) is 4.72. The van der Waals surface area contributed by atoms with Gasteiger partial charge in [0.1, 0.15) is 0 Å². The number of benzene rings is 2. The lowest BCUT2D eigenvalue weighted by Crippen LogP contribution is -2.06. The van der Waals surface area contributed by atoms with Gasteiger partial charge in [-0.05, 0) is 35.2 Å². The molecule has 0 N–H and O–H groups in total. The number of hydrogen-bond acceptors (Lipinski definition) is 2. The third kappa shape index (κ3) is 3.35. The molecule has 4 nitrogen and oxygen atoms in total. The average molecular weight is 353 g/mol. The summed E-state index contributed by atoms with van der Waals surface area (Å²) >= 11 is 5.17. The van der Waals surface area contributed by atoms with E-state index in [2.05, 4.69) is 48.1 Å². The molecule has 4 aromatic rings. The number of fused-ring (bicyclic) bond motifs is 2. The second-order valence-corrected chi connectivity index (χ2v) is 6.10. The van der Waals surface area contributed by atoms with E-state index in [-0.39, 0.29) is 0 Å². The van der Waals surface area contributed by atoms with Gasteiger partial charge in [0.15, 0.2) is 0 Å². The van der Waals surface area contributed by atoms with Gasteiger partial charge in [-0.3, -0.25) is 9.59 Å². The molecule has 0 saturated heterocycles. The van der Waals surface area contributed by atoms with Crippen molar-refractivity contribution in [2.45, 2.75) is 0 Å². The lowest BCUT2D eigenvalue weighted by Gasteiger charge is -1.93. The van der Waals surface area contributed by atoms with E-state index in [0.29, 0.717) is 5.56 Å². The van der Waals surface area contributed by atoms with Crippen LogP contribution in [0.25, 0.3) is 21.8 Å². The molecule has 25 heavy (non-hydrogen) atoms. The van der Waals surface area contributed by atoms with Crippen LogP contribution in [-0.4, -0.2) is 20.2 Å². The number of halogens is 1. The monoisotopic (exact) mass is 352 g/mol. The summed E-state index contributed by atoms with van der Waals surface area (Å²) in [5, 5.41) is 1.11. The highest BCUT2D eigenvalue weighted by Gasteiger charge is 2.18. The minimum Gasteiger partial charge on any atom is -0.351 e. The fraction of sp³-hybridized carbons (Fsp3) is 0.100. The number of rotatable bonds is 2. The second kappa shape index (κ2) is 6.95. The first-order valence-electron chi connectivity index (χ1n) is 7.77. The molecule has 0 bridgehead atoms. The summed E-state index contributed by atoms with van der Waals surface area (Å²) in [5.74, 6) is -0.659. The van der Waals surface area contributed by atoms with Gasteiger partial charge in [0.25, 0.3) is 5.24 Å². The maximum atomic E-state index is 11.5. The van der Waals surface area contributed by atoms with Gasteiger partial charge < -0.3 is 9.13 Å². The smallest absolute Gasteiger partial charge is 0.293 e. The zero-order valence-electron chi connectivity index (χ0n) is 13.9. The van der Waals surface area contributed by atoms with Crippen molar-refractivity contribution in [1.82, 2.24) is 9.13 Å². The quantitative estimate of drug-likeness (QED) is 0.306. The molecular weight excluding hydrogens is 336 g/mol. The Hall–Kier alpha value is -2.85. The summed E-state index contributed by atoms with van der Waals surface area (Å²) in [6, 6.07) is 17.8. The molecule has 0 amide bonds. The molecule has 0 aliphatic heterocycles. The Morgan fingerprint density at radius 3 is 2.16 bits per heavy atom. The number of para-hydroxylation sites is 2. The molecule has 0 aliphatic rings. The molecule has 2 heterocycles. The first-order chi connectivity index (χ1) is 12.0. The van der Waals surface area contributed by atoms with Gasteiger partial charge in [-0.15, -0.1) is 0 Å². The predicted molar refractivity (Wildman–Crippen MR) is 101 cm³/mol. The third-order valence-corrected chi connectivity index (χ3v) is 4.29. The fourth-order valence-electron chi connectivity index (χ4n) is 2.85. The maximum absolute atomic E-state index is 11.5. The lowest BCUT2D eigenvalue weighted by atomic mass is 10.1. The van der Waals surface area contributed by atoms with Crippen LogP contribution in [0.15, 0.2) is 67.0 Å². The molecule has 5 heteroatoms. The van der Waals surface area contributed by atoms with Crippen molar-refractivity contribution in [1.29, 1.82) is 0 Å². The molecule has 0 saturated carbocycles. The van der Waals surface area contributed by atoms with Crippen LogP contribution in [-0.2, 0) is 18.9 Å². The standard InChI is InChI=1S/C11H8ClNO2.C9H9N/c1-13-6-8(10(14)11(12)15)7-4-2-3-5-9(7)13;1-10-7-6-8-4-2-3-5-9(8)10/h2-6H,1H3;2-7H,1H3. The van der Waals surface area contributed by atoms with Gasteiger partial charge >= 0.3 is 0 Å². The fourth-order valence-corrected chi connectivity index (χ4v) is 2.95. The van der Waals surface area contributed by atoms with E-state index < -0.39 is 11.0 Å². The Balaban J connectivity index is 0.000000157. The van der Waals surface area contributed by atoms with Crippen molar-refractivity contribution >= 4 is 44.4 Å². The van der Waals surface area contributed by atoms with Gasteiger partial charge in [-0.2, -0.15) is 0 Å². The molecule has 2 aromatic heterocycles. The summed E-state index contributed by atoms with van der Waals surface area (Å²) in [7, 11) is 3.88. The normalized spacial score (nSPS) is 10.5. The molecule has 0 atom stereocenters. The molecule has 0 spiro atoms. The molecule has 0 unspecified atom stereocenters. The summed E-state index contributed by atoms with van der Waals surface area (Å²) in [6.45, 7) is 0.